The maximum absolute atomic E-state index is 13.6. The predicted octanol–water partition coefficient (Wildman–Crippen LogP) is 3.03. The molecule has 5 rings (SSSR count). The van der Waals surface area contributed by atoms with E-state index in [0.29, 0.717) is 24.5 Å². The molecule has 0 saturated carbocycles. The lowest BCUT2D eigenvalue weighted by atomic mass is 9.92. The summed E-state index contributed by atoms with van der Waals surface area (Å²) in [6, 6.07) is 11.5. The number of urea groups is 1. The zero-order valence-corrected chi connectivity index (χ0v) is 18.7. The van der Waals surface area contributed by atoms with E-state index >= 15 is 0 Å². The molecule has 1 unspecified atom stereocenters. The number of nitrogens with zero attached hydrogens (tertiary/aromatic N) is 5. The molecule has 2 aliphatic rings. The maximum atomic E-state index is 13.6. The SMILES string of the molecule is Cn1nc(C(=O)N2CC3C(=O)N(c4ccc(F)cc4)C(=O)N3CC(C)(C)C2)c2ccccc21. The van der Waals surface area contributed by atoms with Crippen LogP contribution in [0.4, 0.5) is 14.9 Å². The highest BCUT2D eigenvalue weighted by Gasteiger charge is 2.51. The number of hydrogen-bond acceptors (Lipinski definition) is 4. The number of hydrogen-bond donors (Lipinski definition) is 0. The number of rotatable bonds is 2. The van der Waals surface area contributed by atoms with Gasteiger partial charge in [-0.2, -0.15) is 5.10 Å². The van der Waals surface area contributed by atoms with Crippen LogP contribution >= 0.6 is 0 Å². The van der Waals surface area contributed by atoms with Crippen molar-refractivity contribution in [3.8, 4) is 0 Å². The molecule has 2 aliphatic heterocycles. The second-order valence-electron chi connectivity index (χ2n) is 9.42. The minimum Gasteiger partial charge on any atom is -0.334 e. The standard InChI is InChI=1S/C24H24FN5O3/c1-24(2)13-28(22(32)20-17-6-4-5-7-18(17)27(3)26-20)12-19-21(31)30(23(33)29(19)14-24)16-10-8-15(25)9-11-16/h4-11,19H,12-14H2,1-3H3. The highest BCUT2D eigenvalue weighted by molar-refractivity contribution is 6.21. The number of aryl methyl sites for hydroxylation is 1. The lowest BCUT2D eigenvalue weighted by molar-refractivity contribution is -0.119. The van der Waals surface area contributed by atoms with E-state index in [4.69, 9.17) is 0 Å². The number of anilines is 1. The number of amides is 4. The first-order valence-electron chi connectivity index (χ1n) is 10.8. The number of imide groups is 1. The Bertz CT molecular complexity index is 1280. The molecule has 0 bridgehead atoms. The Kier molecular flexibility index (Phi) is 4.73. The van der Waals surface area contributed by atoms with Crippen LogP contribution < -0.4 is 4.90 Å². The molecule has 0 radical (unpaired) electrons. The van der Waals surface area contributed by atoms with E-state index in [2.05, 4.69) is 5.10 Å². The van der Waals surface area contributed by atoms with Crippen molar-refractivity contribution in [2.24, 2.45) is 12.5 Å². The summed E-state index contributed by atoms with van der Waals surface area (Å²) in [4.78, 5) is 44.4. The molecule has 3 aromatic rings. The largest absolute Gasteiger partial charge is 0.334 e. The van der Waals surface area contributed by atoms with Crippen molar-refractivity contribution >= 4 is 34.4 Å². The molecule has 1 aromatic heterocycles. The van der Waals surface area contributed by atoms with Crippen molar-refractivity contribution < 1.29 is 18.8 Å². The molecule has 2 fully saturated rings. The second-order valence-corrected chi connectivity index (χ2v) is 9.42. The van der Waals surface area contributed by atoms with E-state index in [-0.39, 0.29) is 12.5 Å². The van der Waals surface area contributed by atoms with Gasteiger partial charge in [-0.3, -0.25) is 14.3 Å². The summed E-state index contributed by atoms with van der Waals surface area (Å²) in [5, 5.41) is 5.19. The molecule has 3 heterocycles. The minimum absolute atomic E-state index is 0.0649. The maximum Gasteiger partial charge on any atom is 0.332 e. The van der Waals surface area contributed by atoms with Crippen LogP contribution in [0.2, 0.25) is 0 Å². The van der Waals surface area contributed by atoms with Gasteiger partial charge < -0.3 is 9.80 Å². The van der Waals surface area contributed by atoms with Gasteiger partial charge in [0.2, 0.25) is 0 Å². The first-order valence-corrected chi connectivity index (χ1v) is 10.8. The Labute approximate surface area is 190 Å². The normalized spacial score (nSPS) is 20.4. The topological polar surface area (TPSA) is 78.8 Å². The Balaban J connectivity index is 1.51. The molecule has 8 nitrogen and oxygen atoms in total. The van der Waals surface area contributed by atoms with Crippen LogP contribution in [0.25, 0.3) is 10.9 Å². The molecule has 0 spiro atoms. The summed E-state index contributed by atoms with van der Waals surface area (Å²) in [6.45, 7) is 4.68. The fraction of sp³-hybridized carbons (Fsp3) is 0.333. The summed E-state index contributed by atoms with van der Waals surface area (Å²) in [5.41, 5.74) is 1.02. The van der Waals surface area contributed by atoms with Gasteiger partial charge in [0.25, 0.3) is 11.8 Å². The Hall–Kier alpha value is -3.75. The smallest absolute Gasteiger partial charge is 0.332 e. The molecule has 2 saturated heterocycles. The summed E-state index contributed by atoms with van der Waals surface area (Å²) >= 11 is 0. The van der Waals surface area contributed by atoms with Crippen LogP contribution in [-0.4, -0.2) is 63.1 Å². The molecule has 1 atom stereocenters. The van der Waals surface area contributed by atoms with Gasteiger partial charge in [-0.05, 0) is 30.3 Å². The third-order valence-electron chi connectivity index (χ3n) is 6.26. The van der Waals surface area contributed by atoms with Crippen molar-refractivity contribution in [1.29, 1.82) is 0 Å². The van der Waals surface area contributed by atoms with Crippen LogP contribution in [0.1, 0.15) is 24.3 Å². The van der Waals surface area contributed by atoms with Crippen molar-refractivity contribution in [3.63, 3.8) is 0 Å². The Morgan fingerprint density at radius 2 is 1.76 bits per heavy atom. The minimum atomic E-state index is -0.816. The highest BCUT2D eigenvalue weighted by Crippen LogP contribution is 2.33. The predicted molar refractivity (Wildman–Crippen MR) is 120 cm³/mol. The number of benzene rings is 2. The number of halogens is 1. The Morgan fingerprint density at radius 3 is 2.48 bits per heavy atom. The number of carbonyl (C=O) groups is 3. The summed E-state index contributed by atoms with van der Waals surface area (Å²) in [6.07, 6.45) is 0. The van der Waals surface area contributed by atoms with Crippen LogP contribution in [0.15, 0.2) is 48.5 Å². The van der Waals surface area contributed by atoms with Crippen molar-refractivity contribution in [1.82, 2.24) is 19.6 Å². The van der Waals surface area contributed by atoms with Gasteiger partial charge in [-0.1, -0.05) is 32.0 Å². The van der Waals surface area contributed by atoms with Gasteiger partial charge in [0.15, 0.2) is 5.69 Å². The van der Waals surface area contributed by atoms with Gasteiger partial charge in [0, 0.05) is 30.9 Å². The van der Waals surface area contributed by atoms with Crippen LogP contribution in [0.5, 0.6) is 0 Å². The van der Waals surface area contributed by atoms with E-state index in [1.807, 2.05) is 38.1 Å². The molecule has 4 amide bonds. The molecule has 33 heavy (non-hydrogen) atoms. The van der Waals surface area contributed by atoms with Gasteiger partial charge in [0.1, 0.15) is 11.9 Å². The van der Waals surface area contributed by atoms with E-state index in [1.54, 1.807) is 16.6 Å². The molecule has 9 heteroatoms. The van der Waals surface area contributed by atoms with Gasteiger partial charge in [-0.15, -0.1) is 0 Å². The second kappa shape index (κ2) is 7.40. The summed E-state index contributed by atoms with van der Waals surface area (Å²) < 4.78 is 15.0. The van der Waals surface area contributed by atoms with Crippen LogP contribution in [-0.2, 0) is 11.8 Å². The Morgan fingerprint density at radius 1 is 1.06 bits per heavy atom. The van der Waals surface area contributed by atoms with Gasteiger partial charge in [-0.25, -0.2) is 14.1 Å². The molecular weight excluding hydrogens is 425 g/mol. The number of carbonyl (C=O) groups excluding carboxylic acids is 3. The van der Waals surface area contributed by atoms with Crippen molar-refractivity contribution in [3.05, 3.63) is 60.0 Å². The molecule has 0 aliphatic carbocycles. The molecule has 170 valence electrons. The average molecular weight is 449 g/mol. The number of para-hydroxylation sites is 1. The summed E-state index contributed by atoms with van der Waals surface area (Å²) in [5.74, 6) is -1.15. The lowest BCUT2D eigenvalue weighted by Gasteiger charge is -2.30. The fourth-order valence-electron chi connectivity index (χ4n) is 4.80. The third-order valence-corrected chi connectivity index (χ3v) is 6.26. The van der Waals surface area contributed by atoms with Crippen molar-refractivity contribution in [2.45, 2.75) is 19.9 Å². The summed E-state index contributed by atoms with van der Waals surface area (Å²) in [7, 11) is 1.78. The zero-order chi connectivity index (χ0) is 23.5. The number of aromatic nitrogens is 2. The zero-order valence-electron chi connectivity index (χ0n) is 18.7. The lowest BCUT2D eigenvalue weighted by Crippen LogP contribution is -2.44. The monoisotopic (exact) mass is 449 g/mol. The average Bonchev–Trinajstić information content (AvgIpc) is 3.16. The first kappa shape index (κ1) is 21.1. The molecule has 2 aromatic carbocycles. The third kappa shape index (κ3) is 3.44. The van der Waals surface area contributed by atoms with Gasteiger partial charge >= 0.3 is 6.03 Å². The fourth-order valence-corrected chi connectivity index (χ4v) is 4.80. The quantitative estimate of drug-likeness (QED) is 0.564. The number of fused-ring (bicyclic) bond motifs is 2. The van der Waals surface area contributed by atoms with E-state index in [1.165, 1.54) is 29.2 Å². The van der Waals surface area contributed by atoms with Crippen molar-refractivity contribution in [2.75, 3.05) is 24.5 Å². The van der Waals surface area contributed by atoms with Crippen LogP contribution in [0.3, 0.4) is 0 Å². The van der Waals surface area contributed by atoms with E-state index < -0.39 is 29.2 Å². The van der Waals surface area contributed by atoms with E-state index in [0.717, 1.165) is 15.8 Å². The first-order chi connectivity index (χ1) is 15.7. The highest BCUT2D eigenvalue weighted by atomic mass is 19.1. The van der Waals surface area contributed by atoms with Gasteiger partial charge in [0.05, 0.1) is 17.7 Å². The van der Waals surface area contributed by atoms with E-state index in [9.17, 15) is 18.8 Å². The van der Waals surface area contributed by atoms with Crippen LogP contribution in [0, 0.1) is 11.2 Å². The molecular formula is C24H24FN5O3. The molecule has 0 N–H and O–H groups in total.